The lowest BCUT2D eigenvalue weighted by molar-refractivity contribution is 0.0721. The summed E-state index contributed by atoms with van der Waals surface area (Å²) in [4.78, 5) is 4.57. The van der Waals surface area contributed by atoms with Gasteiger partial charge in [0.1, 0.15) is 6.54 Å². The summed E-state index contributed by atoms with van der Waals surface area (Å²) in [6.45, 7) is 2.33. The first-order valence-electron chi connectivity index (χ1n) is 8.55. The van der Waals surface area contributed by atoms with E-state index < -0.39 is 0 Å². The van der Waals surface area contributed by atoms with Gasteiger partial charge in [-0.2, -0.15) is 0 Å². The van der Waals surface area contributed by atoms with Crippen LogP contribution in [0.15, 0.2) is 28.7 Å². The van der Waals surface area contributed by atoms with Crippen LogP contribution >= 0.6 is 0 Å². The quantitative estimate of drug-likeness (QED) is 0.704. The summed E-state index contributed by atoms with van der Waals surface area (Å²) in [7, 11) is 0. The van der Waals surface area contributed by atoms with Crippen molar-refractivity contribution in [3.63, 3.8) is 0 Å². The van der Waals surface area contributed by atoms with Crippen molar-refractivity contribution >= 4 is 17.0 Å². The van der Waals surface area contributed by atoms with Gasteiger partial charge in [0.15, 0.2) is 0 Å². The van der Waals surface area contributed by atoms with Gasteiger partial charge in [-0.25, -0.2) is 4.98 Å². The van der Waals surface area contributed by atoms with Crippen LogP contribution in [0.25, 0.3) is 11.0 Å². The van der Waals surface area contributed by atoms with Gasteiger partial charge in [-0.1, -0.05) is 12.1 Å². The van der Waals surface area contributed by atoms with Gasteiger partial charge in [0.25, 0.3) is 0 Å². The number of imidazole rings is 1. The second-order valence-corrected chi connectivity index (χ2v) is 6.11. The van der Waals surface area contributed by atoms with Crippen LogP contribution in [-0.4, -0.2) is 51.2 Å². The molecule has 1 fully saturated rings. The highest BCUT2D eigenvalue weighted by molar-refractivity contribution is 5.78. The third-order valence-electron chi connectivity index (χ3n) is 4.33. The zero-order valence-corrected chi connectivity index (χ0v) is 13.9. The van der Waals surface area contributed by atoms with Crippen LogP contribution < -0.4 is 5.32 Å². The van der Waals surface area contributed by atoms with E-state index in [1.165, 1.54) is 0 Å². The van der Waals surface area contributed by atoms with Gasteiger partial charge in [0, 0.05) is 13.2 Å². The van der Waals surface area contributed by atoms with Gasteiger partial charge >= 0.3 is 0 Å². The number of rotatable bonds is 6. The van der Waals surface area contributed by atoms with E-state index in [-0.39, 0.29) is 12.5 Å². The number of aliphatic hydroxyl groups is 1. The summed E-state index contributed by atoms with van der Waals surface area (Å²) in [5, 5.41) is 20.6. The number of nitrogens with zero attached hydrogens (tertiary/aromatic N) is 4. The number of anilines is 1. The van der Waals surface area contributed by atoms with Crippen molar-refractivity contribution in [1.82, 2.24) is 19.7 Å². The van der Waals surface area contributed by atoms with Gasteiger partial charge < -0.3 is 24.1 Å². The monoisotopic (exact) mass is 343 g/mol. The third kappa shape index (κ3) is 3.35. The van der Waals surface area contributed by atoms with Crippen molar-refractivity contribution in [3.8, 4) is 0 Å². The van der Waals surface area contributed by atoms with E-state index in [9.17, 15) is 0 Å². The fourth-order valence-electron chi connectivity index (χ4n) is 3.10. The molecule has 3 heterocycles. The van der Waals surface area contributed by atoms with Crippen LogP contribution in [0.1, 0.15) is 30.5 Å². The number of hydrogen-bond acceptors (Lipinski definition) is 7. The van der Waals surface area contributed by atoms with Gasteiger partial charge in [-0.15, -0.1) is 10.2 Å². The van der Waals surface area contributed by atoms with E-state index in [2.05, 4.69) is 20.5 Å². The summed E-state index contributed by atoms with van der Waals surface area (Å²) < 4.78 is 13.4. The predicted molar refractivity (Wildman–Crippen MR) is 91.5 cm³/mol. The van der Waals surface area contributed by atoms with Crippen LogP contribution in [0.5, 0.6) is 0 Å². The van der Waals surface area contributed by atoms with Crippen LogP contribution in [0.4, 0.5) is 5.95 Å². The van der Waals surface area contributed by atoms with Crippen molar-refractivity contribution < 1.29 is 14.3 Å². The minimum absolute atomic E-state index is 0.0373. The standard InChI is InChI=1S/C17H21N5O3/c23-8-7-18-17-19-13-5-1-2-6-14(13)22(17)10-15-20-21-16(25-15)12-4-3-9-24-11-12/h1-2,5-6,12,23H,3-4,7-11H2,(H,18,19). The number of aromatic nitrogens is 4. The molecule has 2 aromatic heterocycles. The van der Waals surface area contributed by atoms with E-state index in [4.69, 9.17) is 14.3 Å². The van der Waals surface area contributed by atoms with E-state index in [1.807, 2.05) is 28.8 Å². The Morgan fingerprint density at radius 2 is 2.20 bits per heavy atom. The molecule has 3 aromatic rings. The van der Waals surface area contributed by atoms with Crippen LogP contribution in [-0.2, 0) is 11.3 Å². The first-order chi connectivity index (χ1) is 12.3. The lowest BCUT2D eigenvalue weighted by atomic mass is 10.0. The molecule has 1 aromatic carbocycles. The number of fused-ring (bicyclic) bond motifs is 1. The molecule has 1 unspecified atom stereocenters. The highest BCUT2D eigenvalue weighted by Gasteiger charge is 2.22. The van der Waals surface area contributed by atoms with E-state index in [1.54, 1.807) is 0 Å². The van der Waals surface area contributed by atoms with E-state index in [0.29, 0.717) is 37.4 Å². The molecule has 8 heteroatoms. The molecule has 1 aliphatic heterocycles. The molecule has 2 N–H and O–H groups in total. The fourth-order valence-corrected chi connectivity index (χ4v) is 3.10. The molecule has 25 heavy (non-hydrogen) atoms. The third-order valence-corrected chi connectivity index (χ3v) is 4.33. The Labute approximate surface area is 144 Å². The number of benzene rings is 1. The SMILES string of the molecule is OCCNc1nc2ccccc2n1Cc1nnc(C2CCCOC2)o1. The number of nitrogens with one attached hydrogen (secondary N) is 1. The predicted octanol–water partition coefficient (Wildman–Crippen LogP) is 1.77. The molecule has 0 spiro atoms. The topological polar surface area (TPSA) is 98.2 Å². The summed E-state index contributed by atoms with van der Waals surface area (Å²) in [6.07, 6.45) is 2.03. The Morgan fingerprint density at radius 1 is 1.28 bits per heavy atom. The molecule has 1 aliphatic rings. The normalized spacial score (nSPS) is 17.9. The summed E-state index contributed by atoms with van der Waals surface area (Å²) >= 11 is 0. The molecule has 0 bridgehead atoms. The van der Waals surface area contributed by atoms with Crippen LogP contribution in [0, 0.1) is 0 Å². The number of aliphatic hydroxyl groups excluding tert-OH is 1. The maximum Gasteiger partial charge on any atom is 0.236 e. The average molecular weight is 343 g/mol. The zero-order chi connectivity index (χ0) is 17.1. The van der Waals surface area contributed by atoms with E-state index in [0.717, 1.165) is 30.5 Å². The Kier molecular flexibility index (Phi) is 4.62. The van der Waals surface area contributed by atoms with Gasteiger partial charge in [0.2, 0.25) is 17.7 Å². The molecular weight excluding hydrogens is 322 g/mol. The zero-order valence-electron chi connectivity index (χ0n) is 13.9. The van der Waals surface area contributed by atoms with Crippen molar-refractivity contribution in [3.05, 3.63) is 36.0 Å². The van der Waals surface area contributed by atoms with Gasteiger partial charge in [-0.3, -0.25) is 0 Å². The molecule has 0 aliphatic carbocycles. The lowest BCUT2D eigenvalue weighted by Crippen LogP contribution is -2.15. The molecule has 132 valence electrons. The Balaban J connectivity index is 1.60. The minimum atomic E-state index is 0.0373. The van der Waals surface area contributed by atoms with Crippen molar-refractivity contribution in [2.45, 2.75) is 25.3 Å². The average Bonchev–Trinajstić information content (AvgIpc) is 3.26. The highest BCUT2D eigenvalue weighted by Crippen LogP contribution is 2.25. The van der Waals surface area contributed by atoms with Crippen LogP contribution in [0.3, 0.4) is 0 Å². The second kappa shape index (κ2) is 7.20. The van der Waals surface area contributed by atoms with Crippen LogP contribution in [0.2, 0.25) is 0 Å². The second-order valence-electron chi connectivity index (χ2n) is 6.11. The Bertz CT molecular complexity index is 838. The first-order valence-corrected chi connectivity index (χ1v) is 8.55. The molecule has 0 amide bonds. The molecule has 1 atom stereocenters. The minimum Gasteiger partial charge on any atom is -0.423 e. The Hall–Kier alpha value is -2.45. The van der Waals surface area contributed by atoms with Gasteiger partial charge in [0.05, 0.1) is 30.2 Å². The summed E-state index contributed by atoms with van der Waals surface area (Å²) in [5.74, 6) is 2.04. The molecule has 4 rings (SSSR count). The maximum absolute atomic E-state index is 9.08. The smallest absolute Gasteiger partial charge is 0.236 e. The summed E-state index contributed by atoms with van der Waals surface area (Å²) in [6, 6.07) is 7.87. The Morgan fingerprint density at radius 3 is 3.04 bits per heavy atom. The van der Waals surface area contributed by atoms with Crippen molar-refractivity contribution in [2.75, 3.05) is 31.7 Å². The van der Waals surface area contributed by atoms with Gasteiger partial charge in [-0.05, 0) is 25.0 Å². The molecule has 8 nitrogen and oxygen atoms in total. The van der Waals surface area contributed by atoms with E-state index >= 15 is 0 Å². The largest absolute Gasteiger partial charge is 0.423 e. The number of para-hydroxylation sites is 2. The highest BCUT2D eigenvalue weighted by atomic mass is 16.5. The molecule has 0 saturated carbocycles. The number of hydrogen-bond donors (Lipinski definition) is 2. The molecular formula is C17H21N5O3. The fraction of sp³-hybridized carbons (Fsp3) is 0.471. The first kappa shape index (κ1) is 16.0. The summed E-state index contributed by atoms with van der Waals surface area (Å²) in [5.41, 5.74) is 1.85. The molecule has 1 saturated heterocycles. The molecule has 0 radical (unpaired) electrons. The van der Waals surface area contributed by atoms with Crippen molar-refractivity contribution in [2.24, 2.45) is 0 Å². The van der Waals surface area contributed by atoms with Crippen molar-refractivity contribution in [1.29, 1.82) is 0 Å². The lowest BCUT2D eigenvalue weighted by Gasteiger charge is -2.18. The maximum atomic E-state index is 9.08. The number of ether oxygens (including phenoxy) is 1.